The third kappa shape index (κ3) is 3.98. The van der Waals surface area contributed by atoms with Gasteiger partial charge in [-0.05, 0) is 24.6 Å². The number of hydrogen-bond acceptors (Lipinski definition) is 9. The van der Waals surface area contributed by atoms with E-state index in [4.69, 9.17) is 14.0 Å². The summed E-state index contributed by atoms with van der Waals surface area (Å²) < 4.78 is 18.9. The number of fused-ring (bicyclic) bond motifs is 1. The fourth-order valence-electron chi connectivity index (χ4n) is 3.53. The molecule has 34 heavy (non-hydrogen) atoms. The molecule has 172 valence electrons. The highest BCUT2D eigenvalue weighted by atomic mass is 16.5. The largest absolute Gasteiger partial charge is 0.497 e. The van der Waals surface area contributed by atoms with Gasteiger partial charge in [-0.3, -0.25) is 9.36 Å². The van der Waals surface area contributed by atoms with Crippen molar-refractivity contribution in [2.45, 2.75) is 20.0 Å². The van der Waals surface area contributed by atoms with Crippen LogP contribution in [-0.4, -0.2) is 48.9 Å². The zero-order valence-electron chi connectivity index (χ0n) is 18.8. The molecule has 2 aromatic carbocycles. The highest BCUT2D eigenvalue weighted by Gasteiger charge is 2.17. The van der Waals surface area contributed by atoms with Gasteiger partial charge in [-0.2, -0.15) is 4.98 Å². The molecule has 0 saturated heterocycles. The van der Waals surface area contributed by atoms with E-state index in [9.17, 15) is 4.79 Å². The summed E-state index contributed by atoms with van der Waals surface area (Å²) >= 11 is 0. The molecule has 0 aliphatic heterocycles. The van der Waals surface area contributed by atoms with E-state index >= 15 is 0 Å². The molecular weight excluding hydrogens is 438 g/mol. The van der Waals surface area contributed by atoms with Crippen LogP contribution in [0.1, 0.15) is 17.0 Å². The fraction of sp³-hybridized carbons (Fsp3) is 0.217. The standard InChI is InChI=1S/C23H21N7O4/c1-14-4-6-15(7-5-14)11-30-22-20(26-28-30)23(31)29(13-24-22)12-19-25-21(27-34-19)17-9-8-16(32-2)10-18(17)33-3/h4-10,13H,11-12H2,1-3H3. The maximum atomic E-state index is 13.0. The quantitative estimate of drug-likeness (QED) is 0.361. The van der Waals surface area contributed by atoms with E-state index in [2.05, 4.69) is 25.4 Å². The molecular formula is C23H21N7O4. The topological polar surface area (TPSA) is 123 Å². The first kappa shape index (κ1) is 21.3. The lowest BCUT2D eigenvalue weighted by molar-refractivity contribution is 0.369. The van der Waals surface area contributed by atoms with Gasteiger partial charge < -0.3 is 14.0 Å². The summed E-state index contributed by atoms with van der Waals surface area (Å²) in [6.45, 7) is 2.53. The number of rotatable bonds is 7. The minimum absolute atomic E-state index is 0.0397. The lowest BCUT2D eigenvalue weighted by Gasteiger charge is -2.07. The van der Waals surface area contributed by atoms with Crippen molar-refractivity contribution in [1.82, 2.24) is 34.7 Å². The van der Waals surface area contributed by atoms with Gasteiger partial charge in [-0.25, -0.2) is 9.67 Å². The van der Waals surface area contributed by atoms with Gasteiger partial charge in [-0.1, -0.05) is 40.2 Å². The fourth-order valence-corrected chi connectivity index (χ4v) is 3.53. The summed E-state index contributed by atoms with van der Waals surface area (Å²) in [5.41, 5.74) is 3.08. The SMILES string of the molecule is COc1ccc(-c2noc(Cn3cnc4c(nnn4Cc4ccc(C)cc4)c3=O)n2)c(OC)c1. The molecule has 5 aromatic rings. The van der Waals surface area contributed by atoms with Crippen molar-refractivity contribution in [2.75, 3.05) is 14.2 Å². The van der Waals surface area contributed by atoms with Gasteiger partial charge >= 0.3 is 0 Å². The number of nitrogens with zero attached hydrogens (tertiary/aromatic N) is 7. The summed E-state index contributed by atoms with van der Waals surface area (Å²) in [7, 11) is 3.12. The molecule has 0 aliphatic carbocycles. The Kier molecular flexibility index (Phi) is 5.50. The summed E-state index contributed by atoms with van der Waals surface area (Å²) in [6, 6.07) is 13.3. The molecule has 11 heteroatoms. The molecule has 11 nitrogen and oxygen atoms in total. The maximum Gasteiger partial charge on any atom is 0.283 e. The van der Waals surface area contributed by atoms with Crippen molar-refractivity contribution in [2.24, 2.45) is 0 Å². The Balaban J connectivity index is 1.40. The van der Waals surface area contributed by atoms with Gasteiger partial charge in [0, 0.05) is 6.07 Å². The highest BCUT2D eigenvalue weighted by Crippen LogP contribution is 2.31. The van der Waals surface area contributed by atoms with Crippen molar-refractivity contribution in [3.63, 3.8) is 0 Å². The number of aromatic nitrogens is 7. The second-order valence-electron chi connectivity index (χ2n) is 7.66. The molecule has 0 saturated carbocycles. The van der Waals surface area contributed by atoms with Gasteiger partial charge in [0.25, 0.3) is 5.56 Å². The van der Waals surface area contributed by atoms with E-state index in [1.165, 1.54) is 16.5 Å². The average Bonchev–Trinajstić information content (AvgIpc) is 3.49. The molecule has 0 atom stereocenters. The molecule has 0 fully saturated rings. The first-order chi connectivity index (χ1) is 16.6. The molecule has 3 aromatic heterocycles. The van der Waals surface area contributed by atoms with Crippen LogP contribution >= 0.6 is 0 Å². The first-order valence-electron chi connectivity index (χ1n) is 10.4. The molecule has 0 aliphatic rings. The molecule has 0 amide bonds. The Morgan fingerprint density at radius 1 is 1.03 bits per heavy atom. The number of hydrogen-bond donors (Lipinski definition) is 0. The Morgan fingerprint density at radius 2 is 1.85 bits per heavy atom. The van der Waals surface area contributed by atoms with E-state index in [1.807, 2.05) is 31.2 Å². The molecule has 0 bridgehead atoms. The smallest absolute Gasteiger partial charge is 0.283 e. The molecule has 0 N–H and O–H groups in total. The third-order valence-electron chi connectivity index (χ3n) is 5.37. The summed E-state index contributed by atoms with van der Waals surface area (Å²) in [6.07, 6.45) is 1.43. The number of aryl methyl sites for hydroxylation is 1. The third-order valence-corrected chi connectivity index (χ3v) is 5.37. The molecule has 0 radical (unpaired) electrons. The Bertz CT molecular complexity index is 1520. The minimum atomic E-state index is -0.345. The zero-order valence-corrected chi connectivity index (χ0v) is 18.8. The van der Waals surface area contributed by atoms with Gasteiger partial charge in [0.15, 0.2) is 11.2 Å². The normalized spacial score (nSPS) is 11.1. The van der Waals surface area contributed by atoms with Crippen LogP contribution < -0.4 is 15.0 Å². The Hall–Kier alpha value is -4.54. The van der Waals surface area contributed by atoms with E-state index in [0.29, 0.717) is 35.1 Å². The van der Waals surface area contributed by atoms with E-state index < -0.39 is 0 Å². The monoisotopic (exact) mass is 459 g/mol. The van der Waals surface area contributed by atoms with Crippen molar-refractivity contribution in [3.8, 4) is 22.9 Å². The number of ether oxygens (including phenoxy) is 2. The highest BCUT2D eigenvalue weighted by molar-refractivity contribution is 5.68. The van der Waals surface area contributed by atoms with Crippen LogP contribution in [0.15, 0.2) is 58.1 Å². The molecule has 5 rings (SSSR count). The van der Waals surface area contributed by atoms with Gasteiger partial charge in [0.05, 0.1) is 26.3 Å². The van der Waals surface area contributed by atoms with E-state index in [0.717, 1.165) is 5.56 Å². The van der Waals surface area contributed by atoms with E-state index in [1.54, 1.807) is 37.1 Å². The van der Waals surface area contributed by atoms with Gasteiger partial charge in [0.1, 0.15) is 24.4 Å². The van der Waals surface area contributed by atoms with E-state index in [-0.39, 0.29) is 23.5 Å². The second-order valence-corrected chi connectivity index (χ2v) is 7.66. The Morgan fingerprint density at radius 3 is 2.62 bits per heavy atom. The van der Waals surface area contributed by atoms with Crippen LogP contribution in [0.3, 0.4) is 0 Å². The predicted molar refractivity (Wildman–Crippen MR) is 122 cm³/mol. The van der Waals surface area contributed by atoms with Crippen LogP contribution in [0.5, 0.6) is 11.5 Å². The molecule has 0 unspecified atom stereocenters. The summed E-state index contributed by atoms with van der Waals surface area (Å²) in [5, 5.41) is 12.2. The zero-order chi connectivity index (χ0) is 23.7. The summed E-state index contributed by atoms with van der Waals surface area (Å²) in [4.78, 5) is 21.8. The van der Waals surface area contributed by atoms with Crippen molar-refractivity contribution < 1.29 is 14.0 Å². The van der Waals surface area contributed by atoms with Crippen molar-refractivity contribution in [3.05, 3.63) is 76.2 Å². The van der Waals surface area contributed by atoms with Crippen LogP contribution in [0.4, 0.5) is 0 Å². The predicted octanol–water partition coefficient (Wildman–Crippen LogP) is 2.46. The average molecular weight is 459 g/mol. The number of methoxy groups -OCH3 is 2. The van der Waals surface area contributed by atoms with Crippen LogP contribution in [0.2, 0.25) is 0 Å². The van der Waals surface area contributed by atoms with Crippen molar-refractivity contribution in [1.29, 1.82) is 0 Å². The lowest BCUT2D eigenvalue weighted by Crippen LogP contribution is -2.21. The minimum Gasteiger partial charge on any atom is -0.497 e. The lowest BCUT2D eigenvalue weighted by atomic mass is 10.1. The Labute approximate surface area is 193 Å². The van der Waals surface area contributed by atoms with Crippen molar-refractivity contribution >= 4 is 11.2 Å². The molecule has 0 spiro atoms. The summed E-state index contributed by atoms with van der Waals surface area (Å²) in [5.74, 6) is 1.76. The molecule has 3 heterocycles. The first-order valence-corrected chi connectivity index (χ1v) is 10.4. The number of benzene rings is 2. The van der Waals surface area contributed by atoms with Gasteiger partial charge in [0.2, 0.25) is 11.7 Å². The van der Waals surface area contributed by atoms with Crippen LogP contribution in [-0.2, 0) is 13.1 Å². The van der Waals surface area contributed by atoms with Crippen LogP contribution in [0, 0.1) is 6.92 Å². The van der Waals surface area contributed by atoms with Crippen LogP contribution in [0.25, 0.3) is 22.6 Å². The maximum absolute atomic E-state index is 13.0. The second kappa shape index (κ2) is 8.77. The van der Waals surface area contributed by atoms with Gasteiger partial charge in [-0.15, -0.1) is 5.10 Å².